The minimum atomic E-state index is -0.757. The molecule has 1 aliphatic heterocycles. The van der Waals surface area contributed by atoms with Crippen LogP contribution in [0.25, 0.3) is 6.08 Å². The van der Waals surface area contributed by atoms with Crippen LogP contribution in [0, 0.1) is 3.57 Å². The van der Waals surface area contributed by atoms with Crippen molar-refractivity contribution in [1.82, 2.24) is 0 Å². The largest absolute Gasteiger partial charge is 0.506 e. The Balaban J connectivity index is 1.58. The van der Waals surface area contributed by atoms with E-state index in [1.54, 1.807) is 61.5 Å². The third kappa shape index (κ3) is 6.82. The van der Waals surface area contributed by atoms with Crippen molar-refractivity contribution >= 4 is 68.9 Å². The number of esters is 1. The molecule has 0 fully saturated rings. The molecule has 3 aromatic rings. The van der Waals surface area contributed by atoms with Crippen molar-refractivity contribution in [2.75, 3.05) is 6.61 Å². The van der Waals surface area contributed by atoms with Crippen molar-refractivity contribution in [3.8, 4) is 5.75 Å². The Kier molecular flexibility index (Phi) is 9.07. The van der Waals surface area contributed by atoms with E-state index in [2.05, 4.69) is 27.6 Å². The number of ether oxygens (including phenoxy) is 2. The van der Waals surface area contributed by atoms with Gasteiger partial charge < -0.3 is 14.6 Å². The second-order valence-corrected chi connectivity index (χ2v) is 10.4. The van der Waals surface area contributed by atoms with E-state index in [0.29, 0.717) is 33.4 Å². The molecular formula is C28H21ClINO5S. The Morgan fingerprint density at radius 2 is 1.81 bits per heavy atom. The molecule has 188 valence electrons. The van der Waals surface area contributed by atoms with E-state index >= 15 is 0 Å². The van der Waals surface area contributed by atoms with Gasteiger partial charge in [-0.1, -0.05) is 59.8 Å². The molecule has 0 atom stereocenters. The first kappa shape index (κ1) is 27.0. The summed E-state index contributed by atoms with van der Waals surface area (Å²) in [5.41, 5.74) is 1.90. The fraction of sp³-hybridized carbons (Fsp3) is 0.107. The van der Waals surface area contributed by atoms with E-state index in [-0.39, 0.29) is 23.0 Å². The number of amides is 1. The van der Waals surface area contributed by atoms with Crippen molar-refractivity contribution in [3.05, 3.63) is 114 Å². The van der Waals surface area contributed by atoms with Gasteiger partial charge in [-0.05, 0) is 83.1 Å². The number of hydrogen-bond donors (Lipinski definition) is 1. The Bertz CT molecular complexity index is 1420. The van der Waals surface area contributed by atoms with Gasteiger partial charge in [-0.15, -0.1) is 0 Å². The lowest BCUT2D eigenvalue weighted by atomic mass is 10.1. The quantitative estimate of drug-likeness (QED) is 0.216. The number of rotatable bonds is 7. The predicted molar refractivity (Wildman–Crippen MR) is 155 cm³/mol. The third-order valence-corrected chi connectivity index (χ3v) is 7.19. The van der Waals surface area contributed by atoms with Gasteiger partial charge in [-0.25, -0.2) is 9.79 Å². The van der Waals surface area contributed by atoms with Crippen LogP contribution in [0.1, 0.15) is 28.4 Å². The Morgan fingerprint density at radius 1 is 1.08 bits per heavy atom. The number of aliphatic imine (C=N–C) groups is 1. The molecule has 0 saturated heterocycles. The lowest BCUT2D eigenvalue weighted by Crippen LogP contribution is -2.14. The first-order valence-corrected chi connectivity index (χ1v) is 13.5. The number of aliphatic hydroxyl groups excluding tert-OH is 1. The van der Waals surface area contributed by atoms with Gasteiger partial charge in [0, 0.05) is 9.13 Å². The number of carbonyl (C=O) groups excluding carboxylic acids is 2. The van der Waals surface area contributed by atoms with E-state index in [1.807, 2.05) is 24.3 Å². The highest BCUT2D eigenvalue weighted by atomic mass is 127. The summed E-state index contributed by atoms with van der Waals surface area (Å²) in [7, 11) is 0. The van der Waals surface area contributed by atoms with Crippen LogP contribution in [-0.4, -0.2) is 28.6 Å². The number of benzene rings is 3. The summed E-state index contributed by atoms with van der Waals surface area (Å²) in [6.07, 6.45) is 1.66. The molecule has 0 bridgehead atoms. The van der Waals surface area contributed by atoms with Crippen LogP contribution in [0.3, 0.4) is 0 Å². The fourth-order valence-electron chi connectivity index (χ4n) is 3.35. The minimum absolute atomic E-state index is 0.0691. The third-order valence-electron chi connectivity index (χ3n) is 5.16. The Morgan fingerprint density at radius 3 is 2.49 bits per heavy atom. The van der Waals surface area contributed by atoms with Crippen LogP contribution >= 0.6 is 46.0 Å². The summed E-state index contributed by atoms with van der Waals surface area (Å²) in [4.78, 5) is 29.7. The Labute approximate surface area is 237 Å². The van der Waals surface area contributed by atoms with Crippen LogP contribution in [0.2, 0.25) is 5.02 Å². The second kappa shape index (κ2) is 12.4. The van der Waals surface area contributed by atoms with Gasteiger partial charge in [0.2, 0.25) is 0 Å². The van der Waals surface area contributed by atoms with Crippen LogP contribution in [-0.2, 0) is 16.1 Å². The highest BCUT2D eigenvalue weighted by molar-refractivity contribution is 14.1. The van der Waals surface area contributed by atoms with Crippen molar-refractivity contribution in [2.45, 2.75) is 13.5 Å². The number of aliphatic hydroxyl groups is 1. The average Bonchev–Trinajstić information content (AvgIpc) is 3.19. The first-order chi connectivity index (χ1) is 17.9. The summed E-state index contributed by atoms with van der Waals surface area (Å²) in [5, 5.41) is 11.3. The summed E-state index contributed by atoms with van der Waals surface area (Å²) < 4.78 is 12.1. The molecule has 3 aromatic carbocycles. The summed E-state index contributed by atoms with van der Waals surface area (Å²) in [6.45, 7) is 2.14. The second-order valence-electron chi connectivity index (χ2n) is 7.75. The molecule has 1 amide bonds. The van der Waals surface area contributed by atoms with Gasteiger partial charge in [0.15, 0.2) is 0 Å². The molecule has 0 aliphatic carbocycles. The zero-order valence-electron chi connectivity index (χ0n) is 19.6. The minimum Gasteiger partial charge on any atom is -0.506 e. The summed E-state index contributed by atoms with van der Waals surface area (Å²) >= 11 is 9.70. The van der Waals surface area contributed by atoms with Crippen molar-refractivity contribution in [3.63, 3.8) is 0 Å². The Hall–Kier alpha value is -3.08. The number of carbonyl (C=O) groups is 2. The number of thioether (sulfide) groups is 1. The van der Waals surface area contributed by atoms with E-state index in [4.69, 9.17) is 21.1 Å². The highest BCUT2D eigenvalue weighted by Crippen LogP contribution is 2.40. The maximum Gasteiger partial charge on any atom is 0.344 e. The van der Waals surface area contributed by atoms with Crippen molar-refractivity contribution < 1.29 is 24.2 Å². The van der Waals surface area contributed by atoms with E-state index in [0.717, 1.165) is 20.9 Å². The van der Waals surface area contributed by atoms with Crippen LogP contribution < -0.4 is 4.74 Å². The molecule has 1 aliphatic rings. The maximum atomic E-state index is 12.7. The molecule has 37 heavy (non-hydrogen) atoms. The zero-order chi connectivity index (χ0) is 26.4. The van der Waals surface area contributed by atoms with Gasteiger partial charge in [0.25, 0.3) is 5.91 Å². The van der Waals surface area contributed by atoms with Crippen LogP contribution in [0.4, 0.5) is 0 Å². The topological polar surface area (TPSA) is 85.2 Å². The van der Waals surface area contributed by atoms with Crippen molar-refractivity contribution in [2.24, 2.45) is 4.99 Å². The number of hydrogen-bond acceptors (Lipinski definition) is 6. The van der Waals surface area contributed by atoms with Crippen LogP contribution in [0.5, 0.6) is 5.75 Å². The smallest absolute Gasteiger partial charge is 0.344 e. The van der Waals surface area contributed by atoms with Gasteiger partial charge in [-0.2, -0.15) is 0 Å². The molecule has 0 spiro atoms. The maximum absolute atomic E-state index is 12.7. The molecule has 0 aromatic heterocycles. The van der Waals surface area contributed by atoms with Gasteiger partial charge in [0.1, 0.15) is 28.7 Å². The molecule has 1 N–H and O–H groups in total. The summed E-state index contributed by atoms with van der Waals surface area (Å²) in [6, 6.07) is 21.7. The zero-order valence-corrected chi connectivity index (χ0v) is 23.3. The molecule has 4 rings (SSSR count). The molecule has 0 saturated carbocycles. The number of halogens is 2. The average molecular weight is 646 g/mol. The lowest BCUT2D eigenvalue weighted by molar-refractivity contribution is -0.138. The van der Waals surface area contributed by atoms with E-state index < -0.39 is 11.9 Å². The molecule has 6 nitrogen and oxygen atoms in total. The van der Waals surface area contributed by atoms with Gasteiger partial charge in [0.05, 0.1) is 16.5 Å². The summed E-state index contributed by atoms with van der Waals surface area (Å²) in [5.74, 6) is -1.08. The van der Waals surface area contributed by atoms with E-state index in [1.165, 1.54) is 0 Å². The fourth-order valence-corrected chi connectivity index (χ4v) is 4.96. The molecule has 1 heterocycles. The highest BCUT2D eigenvalue weighted by Gasteiger charge is 2.34. The SMILES string of the molecule is CCOC(=O)C1=C(O)/C(=C/c2ccc(OCc3ccc(I)cc3)c(Cl)c2)SC1=NC(=O)c1ccccc1. The molecule has 0 unspecified atom stereocenters. The van der Waals surface area contributed by atoms with E-state index in [9.17, 15) is 14.7 Å². The first-order valence-electron chi connectivity index (χ1n) is 11.2. The molecule has 9 heteroatoms. The van der Waals surface area contributed by atoms with Crippen LogP contribution in [0.15, 0.2) is 94.0 Å². The molecular weight excluding hydrogens is 625 g/mol. The number of nitrogens with zero attached hydrogens (tertiary/aromatic N) is 1. The van der Waals surface area contributed by atoms with Gasteiger partial charge >= 0.3 is 5.97 Å². The normalized spacial score (nSPS) is 15.3. The van der Waals surface area contributed by atoms with Gasteiger partial charge in [-0.3, -0.25) is 4.79 Å². The van der Waals surface area contributed by atoms with Crippen molar-refractivity contribution in [1.29, 1.82) is 0 Å². The monoisotopic (exact) mass is 645 g/mol. The molecule has 0 radical (unpaired) electrons. The standard InChI is InChI=1S/C28H21ClINO5S/c1-2-35-28(34)24-25(32)23(37-27(24)31-26(33)19-6-4-3-5-7-19)15-18-10-13-22(21(29)14-18)36-16-17-8-11-20(30)12-9-17/h3-15,32H,2,16H2,1H3/b23-15-,31-27?. The predicted octanol–water partition coefficient (Wildman–Crippen LogP) is 7.23. The lowest BCUT2D eigenvalue weighted by Gasteiger charge is -2.09.